The molecule has 0 fully saturated rings. The van der Waals surface area contributed by atoms with Crippen LogP contribution in [0.2, 0.25) is 0 Å². The van der Waals surface area contributed by atoms with Crippen molar-refractivity contribution in [3.05, 3.63) is 64.8 Å². The van der Waals surface area contributed by atoms with Crippen molar-refractivity contribution in [2.24, 2.45) is 0 Å². The van der Waals surface area contributed by atoms with Crippen LogP contribution in [0.5, 0.6) is 5.75 Å². The summed E-state index contributed by atoms with van der Waals surface area (Å²) >= 11 is 0. The second kappa shape index (κ2) is 8.06. The van der Waals surface area contributed by atoms with Gasteiger partial charge in [0.2, 0.25) is 0 Å². The van der Waals surface area contributed by atoms with E-state index in [1.165, 1.54) is 11.1 Å². The first-order valence-electron chi connectivity index (χ1n) is 8.83. The number of hydrogen-bond donors (Lipinski definition) is 4. The molecule has 3 rings (SSSR count). The van der Waals surface area contributed by atoms with Crippen LogP contribution < -0.4 is 5.32 Å². The number of aromatic amines is 1. The standard InChI is InChI=1S/C21H24N2O3/c1-14-18(19-12-17(24)7-8-20(19)23-14)10-11-22-13-16-4-2-15(3-5-16)6-9-21(25)26/h2-5,7-8,12,22-24H,6,9-11,13H2,1H3,(H,25,26). The molecule has 0 spiro atoms. The van der Waals surface area contributed by atoms with Crippen molar-refractivity contribution < 1.29 is 15.0 Å². The zero-order valence-electron chi connectivity index (χ0n) is 14.9. The maximum Gasteiger partial charge on any atom is 0.303 e. The van der Waals surface area contributed by atoms with Crippen molar-refractivity contribution in [2.45, 2.75) is 32.7 Å². The second-order valence-electron chi connectivity index (χ2n) is 6.60. The minimum Gasteiger partial charge on any atom is -0.508 e. The van der Waals surface area contributed by atoms with Gasteiger partial charge in [0.25, 0.3) is 0 Å². The first kappa shape index (κ1) is 18.0. The molecular weight excluding hydrogens is 328 g/mol. The Bertz CT molecular complexity index is 898. The number of aliphatic carboxylic acids is 1. The molecule has 1 aromatic heterocycles. The van der Waals surface area contributed by atoms with E-state index in [2.05, 4.69) is 17.2 Å². The predicted octanol–water partition coefficient (Wildman–Crippen LogP) is 3.53. The van der Waals surface area contributed by atoms with Gasteiger partial charge in [0.1, 0.15) is 5.75 Å². The molecule has 1 heterocycles. The van der Waals surface area contributed by atoms with Gasteiger partial charge in [-0.2, -0.15) is 0 Å². The number of fused-ring (bicyclic) bond motifs is 1. The van der Waals surface area contributed by atoms with E-state index in [1.807, 2.05) is 36.4 Å². The van der Waals surface area contributed by atoms with E-state index in [0.29, 0.717) is 6.42 Å². The summed E-state index contributed by atoms with van der Waals surface area (Å²) in [5, 5.41) is 23.0. The summed E-state index contributed by atoms with van der Waals surface area (Å²) in [6.45, 7) is 3.66. The van der Waals surface area contributed by atoms with E-state index in [4.69, 9.17) is 5.11 Å². The van der Waals surface area contributed by atoms with Gasteiger partial charge < -0.3 is 20.5 Å². The lowest BCUT2D eigenvalue weighted by atomic mass is 10.1. The van der Waals surface area contributed by atoms with Crippen molar-refractivity contribution in [1.29, 1.82) is 0 Å². The Morgan fingerprint density at radius 3 is 2.54 bits per heavy atom. The fourth-order valence-electron chi connectivity index (χ4n) is 3.21. The number of aromatic hydroxyl groups is 1. The van der Waals surface area contributed by atoms with Gasteiger partial charge in [-0.3, -0.25) is 4.79 Å². The van der Waals surface area contributed by atoms with E-state index in [-0.39, 0.29) is 12.2 Å². The molecule has 0 saturated carbocycles. The molecule has 0 bridgehead atoms. The summed E-state index contributed by atoms with van der Waals surface area (Å²) < 4.78 is 0. The van der Waals surface area contributed by atoms with Crippen LogP contribution in [0.15, 0.2) is 42.5 Å². The highest BCUT2D eigenvalue weighted by Gasteiger charge is 2.08. The third kappa shape index (κ3) is 4.43. The maximum absolute atomic E-state index is 10.6. The van der Waals surface area contributed by atoms with Crippen molar-refractivity contribution >= 4 is 16.9 Å². The Hall–Kier alpha value is -2.79. The predicted molar refractivity (Wildman–Crippen MR) is 103 cm³/mol. The Balaban J connectivity index is 1.52. The molecule has 4 N–H and O–H groups in total. The van der Waals surface area contributed by atoms with Crippen LogP contribution >= 0.6 is 0 Å². The number of carboxylic acid groups (broad SMARTS) is 1. The number of hydrogen-bond acceptors (Lipinski definition) is 3. The van der Waals surface area contributed by atoms with Crippen molar-refractivity contribution in [1.82, 2.24) is 10.3 Å². The normalized spacial score (nSPS) is 11.1. The van der Waals surface area contributed by atoms with Gasteiger partial charge in [0.05, 0.1) is 0 Å². The van der Waals surface area contributed by atoms with E-state index < -0.39 is 5.97 Å². The molecule has 2 aromatic carbocycles. The van der Waals surface area contributed by atoms with E-state index in [9.17, 15) is 9.90 Å². The monoisotopic (exact) mass is 352 g/mol. The number of carbonyl (C=O) groups is 1. The fourth-order valence-corrected chi connectivity index (χ4v) is 3.21. The number of H-pyrrole nitrogens is 1. The number of benzene rings is 2. The summed E-state index contributed by atoms with van der Waals surface area (Å²) in [5.41, 5.74) is 5.64. The minimum atomic E-state index is -0.767. The summed E-state index contributed by atoms with van der Waals surface area (Å²) in [6, 6.07) is 13.5. The van der Waals surface area contributed by atoms with Crippen LogP contribution in [0, 0.1) is 6.92 Å². The van der Waals surface area contributed by atoms with Crippen LogP contribution in [-0.4, -0.2) is 27.7 Å². The highest BCUT2D eigenvalue weighted by molar-refractivity contribution is 5.85. The smallest absolute Gasteiger partial charge is 0.303 e. The molecule has 0 aliphatic carbocycles. The molecule has 0 radical (unpaired) electrons. The summed E-state index contributed by atoms with van der Waals surface area (Å²) in [4.78, 5) is 14.0. The molecule has 136 valence electrons. The second-order valence-corrected chi connectivity index (χ2v) is 6.60. The average molecular weight is 352 g/mol. The quantitative estimate of drug-likeness (QED) is 0.467. The van der Waals surface area contributed by atoms with Gasteiger partial charge in [0.15, 0.2) is 0 Å². The number of carboxylic acids is 1. The lowest BCUT2D eigenvalue weighted by Gasteiger charge is -2.07. The van der Waals surface area contributed by atoms with E-state index in [1.54, 1.807) is 6.07 Å². The van der Waals surface area contributed by atoms with Crippen LogP contribution in [0.4, 0.5) is 0 Å². The molecule has 0 amide bonds. The lowest BCUT2D eigenvalue weighted by molar-refractivity contribution is -0.136. The van der Waals surface area contributed by atoms with Gasteiger partial charge >= 0.3 is 5.97 Å². The van der Waals surface area contributed by atoms with Crippen molar-refractivity contribution in [2.75, 3.05) is 6.54 Å². The molecule has 0 aliphatic rings. The molecule has 0 unspecified atom stereocenters. The largest absolute Gasteiger partial charge is 0.508 e. The Labute approximate surface area is 152 Å². The number of nitrogens with one attached hydrogen (secondary N) is 2. The third-order valence-corrected chi connectivity index (χ3v) is 4.63. The minimum absolute atomic E-state index is 0.164. The highest BCUT2D eigenvalue weighted by atomic mass is 16.4. The van der Waals surface area contributed by atoms with Gasteiger partial charge in [-0.1, -0.05) is 24.3 Å². The SMILES string of the molecule is Cc1[nH]c2ccc(O)cc2c1CCNCc1ccc(CCC(=O)O)cc1. The fraction of sp³-hybridized carbons (Fsp3) is 0.286. The number of aromatic nitrogens is 1. The zero-order chi connectivity index (χ0) is 18.5. The molecule has 0 saturated heterocycles. The Morgan fingerprint density at radius 1 is 1.08 bits per heavy atom. The van der Waals surface area contributed by atoms with Gasteiger partial charge in [-0.25, -0.2) is 0 Å². The first-order chi connectivity index (χ1) is 12.5. The first-order valence-corrected chi connectivity index (χ1v) is 8.83. The zero-order valence-corrected chi connectivity index (χ0v) is 14.9. The van der Waals surface area contributed by atoms with E-state index in [0.717, 1.165) is 41.7 Å². The number of aryl methyl sites for hydroxylation is 2. The summed E-state index contributed by atoms with van der Waals surface area (Å²) in [6.07, 6.45) is 1.61. The maximum atomic E-state index is 10.6. The molecule has 5 heteroatoms. The molecule has 5 nitrogen and oxygen atoms in total. The molecular formula is C21H24N2O3. The molecule has 26 heavy (non-hydrogen) atoms. The summed E-state index contributed by atoms with van der Waals surface area (Å²) in [5.74, 6) is -0.481. The van der Waals surface area contributed by atoms with E-state index >= 15 is 0 Å². The van der Waals surface area contributed by atoms with Gasteiger partial charge in [-0.05, 0) is 61.2 Å². The topological polar surface area (TPSA) is 85.4 Å². The van der Waals surface area contributed by atoms with Gasteiger partial charge in [-0.15, -0.1) is 0 Å². The summed E-state index contributed by atoms with van der Waals surface area (Å²) in [7, 11) is 0. The van der Waals surface area contributed by atoms with Gasteiger partial charge in [0, 0.05) is 29.6 Å². The van der Waals surface area contributed by atoms with Crippen molar-refractivity contribution in [3.8, 4) is 5.75 Å². The molecule has 0 atom stereocenters. The average Bonchev–Trinajstić information content (AvgIpc) is 2.92. The number of phenols is 1. The Morgan fingerprint density at radius 2 is 1.81 bits per heavy atom. The highest BCUT2D eigenvalue weighted by Crippen LogP contribution is 2.26. The molecule has 0 aliphatic heterocycles. The Kier molecular flexibility index (Phi) is 5.58. The lowest BCUT2D eigenvalue weighted by Crippen LogP contribution is -2.16. The third-order valence-electron chi connectivity index (χ3n) is 4.63. The molecule has 3 aromatic rings. The van der Waals surface area contributed by atoms with Crippen molar-refractivity contribution in [3.63, 3.8) is 0 Å². The number of phenolic OH excluding ortho intramolecular Hbond substituents is 1. The van der Waals surface area contributed by atoms with Crippen LogP contribution in [0.25, 0.3) is 10.9 Å². The van der Waals surface area contributed by atoms with Crippen LogP contribution in [0.1, 0.15) is 28.8 Å². The van der Waals surface area contributed by atoms with Crippen LogP contribution in [0.3, 0.4) is 0 Å². The number of rotatable bonds is 8. The van der Waals surface area contributed by atoms with Crippen LogP contribution in [-0.2, 0) is 24.2 Å².